The second kappa shape index (κ2) is 6.79. The monoisotopic (exact) mass is 333 g/mol. The Hall–Kier alpha value is -2.74. The van der Waals surface area contributed by atoms with Crippen molar-refractivity contribution < 1.29 is 24.1 Å². The Morgan fingerprint density at radius 3 is 2.92 bits per heavy atom. The molecule has 2 heterocycles. The molecule has 1 aromatic carbocycles. The molecular weight excluding hydrogens is 314 g/mol. The fourth-order valence-electron chi connectivity index (χ4n) is 2.44. The van der Waals surface area contributed by atoms with Gasteiger partial charge in [0.15, 0.2) is 11.5 Å². The molecule has 2 aromatic rings. The Kier molecular flexibility index (Phi) is 4.57. The van der Waals surface area contributed by atoms with Crippen molar-refractivity contribution in [2.24, 2.45) is 7.05 Å². The van der Waals surface area contributed by atoms with Crippen LogP contribution in [0.25, 0.3) is 0 Å². The number of benzene rings is 1. The first kappa shape index (κ1) is 16.1. The number of ether oxygens (including phenoxy) is 3. The lowest BCUT2D eigenvalue weighted by molar-refractivity contribution is 0.0912. The summed E-state index contributed by atoms with van der Waals surface area (Å²) in [7, 11) is 3.15. The normalized spacial score (nSPS) is 14.1. The van der Waals surface area contributed by atoms with E-state index >= 15 is 0 Å². The van der Waals surface area contributed by atoms with E-state index < -0.39 is 6.10 Å². The number of nitrogens with zero attached hydrogens (tertiary/aromatic N) is 2. The number of aryl methyl sites for hydroxylation is 1. The predicted octanol–water partition coefficient (Wildman–Crippen LogP) is 0.663. The first-order chi connectivity index (χ1) is 11.6. The van der Waals surface area contributed by atoms with Crippen LogP contribution < -0.4 is 19.5 Å². The van der Waals surface area contributed by atoms with Crippen LogP contribution in [0.1, 0.15) is 22.0 Å². The molecule has 0 radical (unpaired) electrons. The van der Waals surface area contributed by atoms with Gasteiger partial charge in [-0.2, -0.15) is 0 Å². The van der Waals surface area contributed by atoms with Gasteiger partial charge in [-0.05, 0) is 17.7 Å². The number of methoxy groups -OCH3 is 1. The van der Waals surface area contributed by atoms with Crippen molar-refractivity contribution in [2.45, 2.75) is 6.10 Å². The number of hydrogen-bond acceptors (Lipinski definition) is 6. The standard InChI is InChI=1S/C16H19N3O5/c1-19-9-11(16(18-19)22-2)15(21)17-8-12(20)10-3-4-13-14(7-10)24-6-5-23-13/h3-4,7,9,12,20H,5-6,8H2,1-2H3,(H,17,21). The van der Waals surface area contributed by atoms with E-state index in [9.17, 15) is 9.90 Å². The average molecular weight is 333 g/mol. The number of nitrogens with one attached hydrogen (secondary N) is 1. The molecule has 1 aromatic heterocycles. The summed E-state index contributed by atoms with van der Waals surface area (Å²) in [5, 5.41) is 17.0. The number of carbonyl (C=O) groups is 1. The molecule has 8 nitrogen and oxygen atoms in total. The third-order valence-electron chi connectivity index (χ3n) is 3.64. The molecular formula is C16H19N3O5. The van der Waals surface area contributed by atoms with Gasteiger partial charge < -0.3 is 24.6 Å². The van der Waals surface area contributed by atoms with Gasteiger partial charge in [0.2, 0.25) is 5.88 Å². The van der Waals surface area contributed by atoms with E-state index in [1.165, 1.54) is 11.8 Å². The van der Waals surface area contributed by atoms with Gasteiger partial charge in [0.25, 0.3) is 5.91 Å². The quantitative estimate of drug-likeness (QED) is 0.835. The van der Waals surface area contributed by atoms with Gasteiger partial charge in [-0.25, -0.2) is 0 Å². The highest BCUT2D eigenvalue weighted by Crippen LogP contribution is 2.32. The first-order valence-electron chi connectivity index (χ1n) is 7.52. The lowest BCUT2D eigenvalue weighted by atomic mass is 10.1. The van der Waals surface area contributed by atoms with Gasteiger partial charge in [0, 0.05) is 19.8 Å². The Morgan fingerprint density at radius 2 is 2.17 bits per heavy atom. The topological polar surface area (TPSA) is 94.8 Å². The summed E-state index contributed by atoms with van der Waals surface area (Å²) in [6.45, 7) is 1.04. The van der Waals surface area contributed by atoms with Gasteiger partial charge in [-0.15, -0.1) is 5.10 Å². The van der Waals surface area contributed by atoms with Crippen LogP contribution in [0.15, 0.2) is 24.4 Å². The highest BCUT2D eigenvalue weighted by Gasteiger charge is 2.19. The van der Waals surface area contributed by atoms with Crippen molar-refractivity contribution in [1.29, 1.82) is 0 Å². The van der Waals surface area contributed by atoms with Crippen molar-refractivity contribution in [2.75, 3.05) is 26.9 Å². The smallest absolute Gasteiger partial charge is 0.258 e. The van der Waals surface area contributed by atoms with Crippen molar-refractivity contribution in [3.8, 4) is 17.4 Å². The molecule has 0 saturated heterocycles. The van der Waals surface area contributed by atoms with Crippen LogP contribution in [0.3, 0.4) is 0 Å². The van der Waals surface area contributed by atoms with Gasteiger partial charge >= 0.3 is 0 Å². The van der Waals surface area contributed by atoms with E-state index in [1.54, 1.807) is 31.4 Å². The van der Waals surface area contributed by atoms with E-state index in [0.717, 1.165) is 0 Å². The molecule has 1 amide bonds. The Bertz CT molecular complexity index is 743. The van der Waals surface area contributed by atoms with Gasteiger partial charge in [-0.3, -0.25) is 9.48 Å². The number of hydrogen-bond donors (Lipinski definition) is 2. The summed E-state index contributed by atoms with van der Waals surface area (Å²) in [5.74, 6) is 1.12. The molecule has 0 spiro atoms. The Labute approximate surface area is 138 Å². The second-order valence-electron chi connectivity index (χ2n) is 5.35. The number of aliphatic hydroxyl groups excluding tert-OH is 1. The molecule has 0 saturated carbocycles. The third-order valence-corrected chi connectivity index (χ3v) is 3.64. The van der Waals surface area contributed by atoms with Crippen molar-refractivity contribution in [3.63, 3.8) is 0 Å². The molecule has 24 heavy (non-hydrogen) atoms. The molecule has 8 heteroatoms. The summed E-state index contributed by atoms with van der Waals surface area (Å²) < 4.78 is 17.5. The van der Waals surface area contributed by atoms with Crippen LogP contribution >= 0.6 is 0 Å². The summed E-state index contributed by atoms with van der Waals surface area (Å²) in [5.41, 5.74) is 0.951. The van der Waals surface area contributed by atoms with Gasteiger partial charge in [-0.1, -0.05) is 6.07 Å². The van der Waals surface area contributed by atoms with Crippen molar-refractivity contribution in [3.05, 3.63) is 35.5 Å². The largest absolute Gasteiger partial charge is 0.486 e. The molecule has 0 bridgehead atoms. The van der Waals surface area contributed by atoms with E-state index in [-0.39, 0.29) is 18.3 Å². The number of carbonyl (C=O) groups excluding carboxylic acids is 1. The number of aromatic nitrogens is 2. The minimum absolute atomic E-state index is 0.0521. The van der Waals surface area contributed by atoms with Crippen molar-refractivity contribution in [1.82, 2.24) is 15.1 Å². The molecule has 0 fully saturated rings. The number of fused-ring (bicyclic) bond motifs is 1. The maximum absolute atomic E-state index is 12.2. The highest BCUT2D eigenvalue weighted by atomic mass is 16.6. The molecule has 1 atom stereocenters. The zero-order valence-corrected chi connectivity index (χ0v) is 13.5. The van der Waals surface area contributed by atoms with Crippen molar-refractivity contribution >= 4 is 5.91 Å². The summed E-state index contributed by atoms with van der Waals surface area (Å²) in [6.07, 6.45) is 0.692. The molecule has 1 aliphatic rings. The minimum Gasteiger partial charge on any atom is -0.486 e. The van der Waals surface area contributed by atoms with E-state index in [1.807, 2.05) is 0 Å². The Balaban J connectivity index is 1.64. The molecule has 2 N–H and O–H groups in total. The van der Waals surface area contributed by atoms with Crippen LogP contribution in [0.4, 0.5) is 0 Å². The lowest BCUT2D eigenvalue weighted by Crippen LogP contribution is -2.28. The Morgan fingerprint density at radius 1 is 1.42 bits per heavy atom. The third kappa shape index (κ3) is 3.28. The number of amides is 1. The van der Waals surface area contributed by atoms with Crippen LogP contribution in [-0.2, 0) is 7.05 Å². The zero-order chi connectivity index (χ0) is 17.1. The summed E-state index contributed by atoms with van der Waals surface area (Å²) in [4.78, 5) is 12.2. The molecule has 3 rings (SSSR count). The zero-order valence-electron chi connectivity index (χ0n) is 13.5. The molecule has 1 unspecified atom stereocenters. The molecule has 128 valence electrons. The van der Waals surface area contributed by atoms with Gasteiger partial charge in [0.05, 0.1) is 13.2 Å². The lowest BCUT2D eigenvalue weighted by Gasteiger charge is -2.20. The van der Waals surface area contributed by atoms with Crippen LogP contribution in [0.5, 0.6) is 17.4 Å². The maximum atomic E-state index is 12.2. The fourth-order valence-corrected chi connectivity index (χ4v) is 2.44. The fraction of sp³-hybridized carbons (Fsp3) is 0.375. The molecule has 0 aliphatic carbocycles. The molecule has 1 aliphatic heterocycles. The predicted molar refractivity (Wildman–Crippen MR) is 84.5 cm³/mol. The van der Waals surface area contributed by atoms with Crippen LogP contribution in [0.2, 0.25) is 0 Å². The van der Waals surface area contributed by atoms with Gasteiger partial charge in [0.1, 0.15) is 18.8 Å². The second-order valence-corrected chi connectivity index (χ2v) is 5.35. The summed E-state index contributed by atoms with van der Waals surface area (Å²) in [6, 6.07) is 5.21. The first-order valence-corrected chi connectivity index (χ1v) is 7.52. The summed E-state index contributed by atoms with van der Waals surface area (Å²) >= 11 is 0. The number of rotatable bonds is 5. The van der Waals surface area contributed by atoms with Crippen LogP contribution in [-0.4, -0.2) is 47.7 Å². The SMILES string of the molecule is COc1nn(C)cc1C(=O)NCC(O)c1ccc2c(c1)OCCO2. The maximum Gasteiger partial charge on any atom is 0.258 e. The van der Waals surface area contributed by atoms with E-state index in [2.05, 4.69) is 10.4 Å². The van der Waals surface area contributed by atoms with Crippen LogP contribution in [0, 0.1) is 0 Å². The van der Waals surface area contributed by atoms with E-state index in [4.69, 9.17) is 14.2 Å². The number of aliphatic hydroxyl groups is 1. The van der Waals surface area contributed by atoms with E-state index in [0.29, 0.717) is 35.8 Å². The highest BCUT2D eigenvalue weighted by molar-refractivity contribution is 5.96. The average Bonchev–Trinajstić information content (AvgIpc) is 3.00. The minimum atomic E-state index is -0.868.